The number of ether oxygens (including phenoxy) is 1. The Balaban J connectivity index is 2.29. The number of aliphatic carboxylic acids is 1. The van der Waals surface area contributed by atoms with E-state index in [9.17, 15) is 4.79 Å². The van der Waals surface area contributed by atoms with E-state index in [1.807, 2.05) is 0 Å². The van der Waals surface area contributed by atoms with Crippen LogP contribution < -0.4 is 5.32 Å². The predicted octanol–water partition coefficient (Wildman–Crippen LogP) is 1.22. The van der Waals surface area contributed by atoms with Crippen molar-refractivity contribution < 1.29 is 14.6 Å². The fourth-order valence-electron chi connectivity index (χ4n) is 1.04. The SMILES string of the molecule is COCCCNc1nc(CC(=O)O)cs1. The highest BCUT2D eigenvalue weighted by atomic mass is 32.1. The number of anilines is 1. The number of thiazole rings is 1. The van der Waals surface area contributed by atoms with Crippen LogP contribution in [-0.4, -0.2) is 36.3 Å². The zero-order valence-electron chi connectivity index (χ0n) is 8.52. The smallest absolute Gasteiger partial charge is 0.309 e. The second-order valence-corrected chi connectivity index (χ2v) is 3.85. The minimum atomic E-state index is -0.855. The maximum atomic E-state index is 10.4. The van der Waals surface area contributed by atoms with Crippen molar-refractivity contribution >= 4 is 22.4 Å². The summed E-state index contributed by atoms with van der Waals surface area (Å²) in [5, 5.41) is 14.2. The van der Waals surface area contributed by atoms with Gasteiger partial charge in [0.25, 0.3) is 0 Å². The highest BCUT2D eigenvalue weighted by Crippen LogP contribution is 2.15. The summed E-state index contributed by atoms with van der Waals surface area (Å²) in [6, 6.07) is 0. The molecule has 6 heteroatoms. The van der Waals surface area contributed by atoms with Crippen LogP contribution in [0.2, 0.25) is 0 Å². The van der Waals surface area contributed by atoms with Crippen molar-refractivity contribution in [2.24, 2.45) is 0 Å². The molecule has 0 fully saturated rings. The number of nitrogens with one attached hydrogen (secondary N) is 1. The molecule has 0 aliphatic rings. The molecule has 0 unspecified atom stereocenters. The summed E-state index contributed by atoms with van der Waals surface area (Å²) in [5.41, 5.74) is 0.599. The van der Waals surface area contributed by atoms with Gasteiger partial charge in [0.1, 0.15) is 0 Å². The quantitative estimate of drug-likeness (QED) is 0.689. The zero-order valence-corrected chi connectivity index (χ0v) is 9.34. The van der Waals surface area contributed by atoms with Crippen molar-refractivity contribution in [1.29, 1.82) is 0 Å². The molecule has 0 spiro atoms. The summed E-state index contributed by atoms with van der Waals surface area (Å²) in [6.07, 6.45) is 0.889. The summed E-state index contributed by atoms with van der Waals surface area (Å²) in [6.45, 7) is 1.49. The Morgan fingerprint density at radius 1 is 1.73 bits per heavy atom. The van der Waals surface area contributed by atoms with Crippen LogP contribution in [0, 0.1) is 0 Å². The second kappa shape index (κ2) is 6.36. The molecule has 15 heavy (non-hydrogen) atoms. The minimum absolute atomic E-state index is 0.0176. The van der Waals surface area contributed by atoms with Crippen molar-refractivity contribution in [3.8, 4) is 0 Å². The molecular weight excluding hydrogens is 216 g/mol. The lowest BCUT2D eigenvalue weighted by molar-refractivity contribution is -0.136. The molecule has 0 radical (unpaired) electrons. The first-order valence-corrected chi connectivity index (χ1v) is 5.49. The molecule has 1 heterocycles. The molecule has 0 aliphatic carbocycles. The van der Waals surface area contributed by atoms with E-state index >= 15 is 0 Å². The van der Waals surface area contributed by atoms with Crippen molar-refractivity contribution in [2.45, 2.75) is 12.8 Å². The third-order valence-electron chi connectivity index (χ3n) is 1.69. The summed E-state index contributed by atoms with van der Waals surface area (Å²) in [5.74, 6) is -0.855. The topological polar surface area (TPSA) is 71.5 Å². The van der Waals surface area contributed by atoms with Gasteiger partial charge in [-0.05, 0) is 6.42 Å². The molecule has 1 aromatic rings. The van der Waals surface area contributed by atoms with E-state index in [2.05, 4.69) is 10.3 Å². The Bertz CT molecular complexity index is 314. The average molecular weight is 230 g/mol. The number of hydrogen-bond acceptors (Lipinski definition) is 5. The maximum absolute atomic E-state index is 10.4. The summed E-state index contributed by atoms with van der Waals surface area (Å²) in [4.78, 5) is 14.5. The lowest BCUT2D eigenvalue weighted by atomic mass is 10.3. The number of carboxylic acids is 1. The van der Waals surface area contributed by atoms with Gasteiger partial charge in [-0.2, -0.15) is 0 Å². The fourth-order valence-corrected chi connectivity index (χ4v) is 1.78. The molecule has 0 aromatic carbocycles. The van der Waals surface area contributed by atoms with Gasteiger partial charge in [-0.3, -0.25) is 4.79 Å². The van der Waals surface area contributed by atoms with Crippen LogP contribution in [0.1, 0.15) is 12.1 Å². The Labute approximate surface area is 92.1 Å². The van der Waals surface area contributed by atoms with E-state index in [-0.39, 0.29) is 6.42 Å². The fraction of sp³-hybridized carbons (Fsp3) is 0.556. The number of aromatic nitrogens is 1. The van der Waals surface area contributed by atoms with E-state index in [4.69, 9.17) is 9.84 Å². The van der Waals surface area contributed by atoms with Crippen LogP contribution in [0.25, 0.3) is 0 Å². The van der Waals surface area contributed by atoms with Crippen LogP contribution in [0.4, 0.5) is 5.13 Å². The zero-order chi connectivity index (χ0) is 11.1. The van der Waals surface area contributed by atoms with E-state index in [0.717, 1.165) is 18.1 Å². The average Bonchev–Trinajstić information content (AvgIpc) is 2.59. The first-order valence-electron chi connectivity index (χ1n) is 4.61. The normalized spacial score (nSPS) is 10.2. The largest absolute Gasteiger partial charge is 0.481 e. The van der Waals surface area contributed by atoms with Gasteiger partial charge >= 0.3 is 5.97 Å². The van der Waals surface area contributed by atoms with Crippen molar-refractivity contribution in [1.82, 2.24) is 4.98 Å². The third kappa shape index (κ3) is 4.75. The standard InChI is InChI=1S/C9H14N2O3S/c1-14-4-2-3-10-9-11-7(6-15-9)5-8(12)13/h6H,2-5H2,1H3,(H,10,11)(H,12,13). The van der Waals surface area contributed by atoms with E-state index in [0.29, 0.717) is 12.3 Å². The van der Waals surface area contributed by atoms with Gasteiger partial charge in [0, 0.05) is 25.6 Å². The Hall–Kier alpha value is -1.14. The molecule has 0 bridgehead atoms. The molecule has 1 rings (SSSR count). The molecule has 1 aromatic heterocycles. The van der Waals surface area contributed by atoms with Gasteiger partial charge in [0.2, 0.25) is 0 Å². The van der Waals surface area contributed by atoms with Crippen LogP contribution in [0.3, 0.4) is 0 Å². The van der Waals surface area contributed by atoms with Crippen molar-refractivity contribution in [3.05, 3.63) is 11.1 Å². The van der Waals surface area contributed by atoms with Crippen LogP contribution >= 0.6 is 11.3 Å². The molecule has 0 atom stereocenters. The molecule has 0 saturated carbocycles. The Morgan fingerprint density at radius 2 is 2.53 bits per heavy atom. The van der Waals surface area contributed by atoms with Gasteiger partial charge in [-0.1, -0.05) is 0 Å². The number of nitrogens with zero attached hydrogens (tertiary/aromatic N) is 1. The van der Waals surface area contributed by atoms with Crippen LogP contribution in [-0.2, 0) is 16.0 Å². The number of carboxylic acid groups (broad SMARTS) is 1. The van der Waals surface area contributed by atoms with Gasteiger partial charge < -0.3 is 15.2 Å². The first-order chi connectivity index (χ1) is 7.22. The summed E-state index contributed by atoms with van der Waals surface area (Å²) >= 11 is 1.42. The number of carbonyl (C=O) groups is 1. The molecule has 5 nitrogen and oxygen atoms in total. The minimum Gasteiger partial charge on any atom is -0.481 e. The number of rotatable bonds is 7. The third-order valence-corrected chi connectivity index (χ3v) is 2.53. The number of methoxy groups -OCH3 is 1. The lowest BCUT2D eigenvalue weighted by Gasteiger charge is -2.00. The van der Waals surface area contributed by atoms with E-state index in [1.165, 1.54) is 11.3 Å². The number of hydrogen-bond donors (Lipinski definition) is 2. The molecular formula is C9H14N2O3S. The van der Waals surface area contributed by atoms with Crippen molar-refractivity contribution in [3.63, 3.8) is 0 Å². The first kappa shape index (κ1) is 11.9. The summed E-state index contributed by atoms with van der Waals surface area (Å²) in [7, 11) is 1.66. The Morgan fingerprint density at radius 3 is 3.20 bits per heavy atom. The van der Waals surface area contributed by atoms with Crippen LogP contribution in [0.5, 0.6) is 0 Å². The molecule has 2 N–H and O–H groups in total. The Kier molecular flexibility index (Phi) is 5.06. The van der Waals surface area contributed by atoms with Gasteiger partial charge in [0.05, 0.1) is 12.1 Å². The van der Waals surface area contributed by atoms with Crippen LogP contribution in [0.15, 0.2) is 5.38 Å². The molecule has 0 aliphatic heterocycles. The van der Waals surface area contributed by atoms with Gasteiger partial charge in [-0.25, -0.2) is 4.98 Å². The molecule has 0 amide bonds. The van der Waals surface area contributed by atoms with Crippen molar-refractivity contribution in [2.75, 3.05) is 25.6 Å². The highest BCUT2D eigenvalue weighted by molar-refractivity contribution is 7.13. The predicted molar refractivity (Wildman–Crippen MR) is 58.4 cm³/mol. The lowest BCUT2D eigenvalue weighted by Crippen LogP contribution is -2.05. The molecule has 84 valence electrons. The van der Waals surface area contributed by atoms with E-state index in [1.54, 1.807) is 12.5 Å². The maximum Gasteiger partial charge on any atom is 0.309 e. The van der Waals surface area contributed by atoms with E-state index < -0.39 is 5.97 Å². The highest BCUT2D eigenvalue weighted by Gasteiger charge is 2.05. The second-order valence-electron chi connectivity index (χ2n) is 2.99. The monoisotopic (exact) mass is 230 g/mol. The molecule has 0 saturated heterocycles. The van der Waals surface area contributed by atoms with Gasteiger partial charge in [0.15, 0.2) is 5.13 Å². The van der Waals surface area contributed by atoms with Gasteiger partial charge in [-0.15, -0.1) is 11.3 Å². The summed E-state index contributed by atoms with van der Waals surface area (Å²) < 4.78 is 4.90.